The van der Waals surface area contributed by atoms with E-state index in [9.17, 15) is 0 Å². The molecule has 0 radical (unpaired) electrons. The summed E-state index contributed by atoms with van der Waals surface area (Å²) in [6, 6.07) is 0. The van der Waals surface area contributed by atoms with Crippen LogP contribution in [0.5, 0.6) is 0 Å². The van der Waals surface area contributed by atoms with Crippen molar-refractivity contribution in [1.82, 2.24) is 5.32 Å². The molecule has 0 unspecified atom stereocenters. The smallest absolute Gasteiger partial charge is 0.313 e. The Balaban J connectivity index is 0.000000148. The fourth-order valence-corrected chi connectivity index (χ4v) is 0.361. The molecule has 9 heavy (non-hydrogen) atoms. The molecule has 0 atom stereocenters. The lowest BCUT2D eigenvalue weighted by atomic mass is 10.7. The molecular formula is C4H7Cl2NO2. The van der Waals surface area contributed by atoms with Gasteiger partial charge in [-0.15, -0.1) is 0 Å². The minimum Gasteiger partial charge on any atom is -0.365 e. The zero-order chi connectivity index (χ0) is 7.11. The first-order valence-corrected chi connectivity index (χ1v) is 3.12. The van der Waals surface area contributed by atoms with Crippen LogP contribution in [0.15, 0.2) is 0 Å². The van der Waals surface area contributed by atoms with E-state index in [0.717, 1.165) is 19.9 Å². The summed E-state index contributed by atoms with van der Waals surface area (Å²) in [4.78, 5) is 8.98. The molecule has 0 aromatic heterocycles. The lowest BCUT2D eigenvalue weighted by Crippen LogP contribution is -2.05. The Bertz CT molecular complexity index is 73.0. The molecule has 1 rings (SSSR count). The summed E-state index contributed by atoms with van der Waals surface area (Å²) in [5.74, 6) is 0. The van der Waals surface area contributed by atoms with Crippen LogP contribution >= 0.6 is 23.2 Å². The van der Waals surface area contributed by atoms with Gasteiger partial charge < -0.3 is 4.74 Å². The molecule has 0 spiro atoms. The Kier molecular flexibility index (Phi) is 6.41. The second kappa shape index (κ2) is 6.29. The number of nitrogens with one attached hydrogen (secondary N) is 1. The summed E-state index contributed by atoms with van der Waals surface area (Å²) in [6.45, 7) is 2.67. The predicted molar refractivity (Wildman–Crippen MR) is 35.9 cm³/mol. The molecule has 0 bridgehead atoms. The second-order valence-electron chi connectivity index (χ2n) is 1.28. The van der Waals surface area contributed by atoms with E-state index < -0.39 is 4.70 Å². The number of rotatable bonds is 0. The van der Waals surface area contributed by atoms with Crippen molar-refractivity contribution in [3.63, 3.8) is 0 Å². The van der Waals surface area contributed by atoms with Gasteiger partial charge in [0.15, 0.2) is 0 Å². The van der Waals surface area contributed by atoms with Crippen molar-refractivity contribution in [3.05, 3.63) is 0 Å². The molecule has 0 amide bonds. The molecule has 0 aromatic rings. The van der Waals surface area contributed by atoms with Crippen LogP contribution in [0.1, 0.15) is 0 Å². The van der Waals surface area contributed by atoms with Gasteiger partial charge in [0.2, 0.25) is 0 Å². The summed E-state index contributed by atoms with van der Waals surface area (Å²) in [5, 5.41) is 3.00. The van der Waals surface area contributed by atoms with Crippen molar-refractivity contribution in [2.24, 2.45) is 0 Å². The van der Waals surface area contributed by atoms with Gasteiger partial charge in [-0.2, -0.15) is 0 Å². The standard InChI is InChI=1S/C3H7NO.CCl2O/c1-2-5-3-4-1;2-1(3)4/h4H,1-3H2;. The van der Waals surface area contributed by atoms with E-state index in [4.69, 9.17) is 9.53 Å². The van der Waals surface area contributed by atoms with Crippen molar-refractivity contribution in [1.29, 1.82) is 0 Å². The first-order valence-electron chi connectivity index (χ1n) is 2.37. The van der Waals surface area contributed by atoms with Crippen molar-refractivity contribution >= 4 is 27.9 Å². The van der Waals surface area contributed by atoms with E-state index in [0.29, 0.717) is 0 Å². The Morgan fingerprint density at radius 2 is 2.11 bits per heavy atom. The third kappa shape index (κ3) is 11.6. The van der Waals surface area contributed by atoms with Gasteiger partial charge in [-0.3, -0.25) is 10.1 Å². The van der Waals surface area contributed by atoms with Gasteiger partial charge in [0.05, 0.1) is 13.3 Å². The van der Waals surface area contributed by atoms with Crippen LogP contribution < -0.4 is 5.32 Å². The van der Waals surface area contributed by atoms with Gasteiger partial charge >= 0.3 is 4.70 Å². The average Bonchev–Trinajstić information content (AvgIpc) is 2.11. The molecule has 1 aliphatic rings. The highest BCUT2D eigenvalue weighted by Crippen LogP contribution is 1.84. The molecular weight excluding hydrogens is 165 g/mol. The van der Waals surface area contributed by atoms with Crippen LogP contribution in [0.3, 0.4) is 0 Å². The third-order valence-corrected chi connectivity index (χ3v) is 0.627. The maximum Gasteiger partial charge on any atom is 0.313 e. The second-order valence-corrected chi connectivity index (χ2v) is 2.16. The molecule has 1 saturated heterocycles. The molecule has 0 saturated carbocycles. The molecule has 1 aliphatic heterocycles. The molecule has 5 heteroatoms. The topological polar surface area (TPSA) is 38.3 Å². The number of hydrogen-bond acceptors (Lipinski definition) is 3. The lowest BCUT2D eigenvalue weighted by molar-refractivity contribution is 0.194. The Labute approximate surface area is 63.3 Å². The third-order valence-electron chi connectivity index (χ3n) is 0.627. The van der Waals surface area contributed by atoms with Crippen LogP contribution in [0, 0.1) is 0 Å². The Morgan fingerprint density at radius 3 is 2.22 bits per heavy atom. The fraction of sp³-hybridized carbons (Fsp3) is 0.750. The maximum atomic E-state index is 8.98. The minimum absolute atomic E-state index is 0.750. The van der Waals surface area contributed by atoms with Crippen molar-refractivity contribution in [2.45, 2.75) is 0 Å². The van der Waals surface area contributed by atoms with Crippen LogP contribution in [-0.2, 0) is 4.74 Å². The minimum atomic E-state index is -0.889. The summed E-state index contributed by atoms with van der Waals surface area (Å²) in [5.41, 5.74) is 0. The molecule has 3 nitrogen and oxygen atoms in total. The highest BCUT2D eigenvalue weighted by Gasteiger charge is 1.92. The van der Waals surface area contributed by atoms with Crippen LogP contribution in [-0.4, -0.2) is 24.6 Å². The van der Waals surface area contributed by atoms with Crippen LogP contribution in [0.25, 0.3) is 0 Å². The van der Waals surface area contributed by atoms with Gasteiger partial charge in [-0.25, -0.2) is 0 Å². The summed E-state index contributed by atoms with van der Waals surface area (Å²) >= 11 is 8.80. The van der Waals surface area contributed by atoms with Crippen molar-refractivity contribution < 1.29 is 9.53 Å². The highest BCUT2D eigenvalue weighted by atomic mass is 35.5. The predicted octanol–water partition coefficient (Wildman–Crippen LogP) is 1.15. The van der Waals surface area contributed by atoms with Gasteiger partial charge in [0.1, 0.15) is 0 Å². The molecule has 0 aliphatic carbocycles. The van der Waals surface area contributed by atoms with Crippen molar-refractivity contribution in [2.75, 3.05) is 19.9 Å². The van der Waals surface area contributed by atoms with Gasteiger partial charge in [0.25, 0.3) is 0 Å². The van der Waals surface area contributed by atoms with E-state index in [1.54, 1.807) is 0 Å². The monoisotopic (exact) mass is 171 g/mol. The SMILES string of the molecule is C1COCN1.O=C(Cl)Cl. The van der Waals surface area contributed by atoms with Crippen LogP contribution in [0.2, 0.25) is 0 Å². The number of carbonyl (C=O) groups excluding carboxylic acids is 1. The first kappa shape index (κ1) is 9.17. The number of carbonyl (C=O) groups is 1. The normalized spacial score (nSPS) is 16.2. The molecule has 0 aromatic carbocycles. The fourth-order valence-electron chi connectivity index (χ4n) is 0.361. The lowest BCUT2D eigenvalue weighted by Gasteiger charge is -1.76. The van der Waals surface area contributed by atoms with E-state index in [1.165, 1.54) is 0 Å². The number of halogens is 2. The summed E-state index contributed by atoms with van der Waals surface area (Å²) < 4.78 is 3.94. The summed E-state index contributed by atoms with van der Waals surface area (Å²) in [7, 11) is 0. The summed E-state index contributed by atoms with van der Waals surface area (Å²) in [6.07, 6.45) is 0. The Morgan fingerprint density at radius 1 is 1.56 bits per heavy atom. The average molecular weight is 172 g/mol. The molecule has 1 fully saturated rings. The molecule has 54 valence electrons. The van der Waals surface area contributed by atoms with E-state index in [-0.39, 0.29) is 0 Å². The Hall–Kier alpha value is 0.170. The largest absolute Gasteiger partial charge is 0.365 e. The number of hydrogen-bond donors (Lipinski definition) is 1. The molecule has 1 heterocycles. The molecule has 1 N–H and O–H groups in total. The number of ether oxygens (including phenoxy) is 1. The quantitative estimate of drug-likeness (QED) is 0.557. The highest BCUT2D eigenvalue weighted by molar-refractivity contribution is 6.93. The van der Waals surface area contributed by atoms with E-state index >= 15 is 0 Å². The van der Waals surface area contributed by atoms with Crippen LogP contribution in [0.4, 0.5) is 4.79 Å². The van der Waals surface area contributed by atoms with E-state index in [2.05, 4.69) is 28.5 Å². The van der Waals surface area contributed by atoms with Crippen molar-refractivity contribution in [3.8, 4) is 0 Å². The zero-order valence-electron chi connectivity index (χ0n) is 4.69. The van der Waals surface area contributed by atoms with Gasteiger partial charge in [0, 0.05) is 6.54 Å². The maximum absolute atomic E-state index is 8.98. The first-order chi connectivity index (χ1) is 4.23. The van der Waals surface area contributed by atoms with E-state index in [1.807, 2.05) is 0 Å². The zero-order valence-corrected chi connectivity index (χ0v) is 6.21. The van der Waals surface area contributed by atoms with Gasteiger partial charge in [-0.05, 0) is 23.2 Å². The van der Waals surface area contributed by atoms with Gasteiger partial charge in [-0.1, -0.05) is 0 Å².